The maximum atomic E-state index is 11.5. The summed E-state index contributed by atoms with van der Waals surface area (Å²) < 4.78 is 24.6. The molecule has 0 spiro atoms. The molecule has 8 heteroatoms. The maximum Gasteiger partial charge on any atom is 0.324 e. The molecule has 0 bridgehead atoms. The monoisotopic (exact) mass is 243 g/mol. The fourth-order valence-electron chi connectivity index (χ4n) is 0.893. The fourth-order valence-corrected chi connectivity index (χ4v) is 1.86. The third-order valence-corrected chi connectivity index (χ3v) is 2.96. The van der Waals surface area contributed by atoms with Gasteiger partial charge in [-0.25, -0.2) is 19.0 Å². The summed E-state index contributed by atoms with van der Waals surface area (Å²) in [5.74, 6) is 2.10. The molecule has 1 aromatic carbocycles. The Morgan fingerprint density at radius 1 is 1.06 bits per heavy atom. The van der Waals surface area contributed by atoms with Crippen molar-refractivity contribution in [3.8, 4) is 0 Å². The number of hydrogen-bond donors (Lipinski definition) is 3. The number of hydrogen-bond acceptors (Lipinski definition) is 5. The number of nitrogens with two attached hydrogens (primary N) is 1. The first-order valence-corrected chi connectivity index (χ1v) is 5.58. The van der Waals surface area contributed by atoms with E-state index < -0.39 is 21.8 Å². The average Bonchev–Trinajstić information content (AvgIpc) is 2.28. The van der Waals surface area contributed by atoms with Crippen molar-refractivity contribution in [2.75, 3.05) is 0 Å². The van der Waals surface area contributed by atoms with Gasteiger partial charge in [-0.2, -0.15) is 0 Å². The van der Waals surface area contributed by atoms with Crippen LogP contribution >= 0.6 is 0 Å². The molecule has 0 unspecified atom stereocenters. The molecule has 0 fully saturated rings. The number of sulfonamides is 1. The SMILES string of the molecule is NNC(=O)C(=O)NS(=O)(=O)c1ccccc1. The van der Waals surface area contributed by atoms with Gasteiger partial charge in [0.1, 0.15) is 0 Å². The third-order valence-electron chi connectivity index (χ3n) is 1.62. The standard InChI is InChI=1S/C8H9N3O4S/c9-10-7(12)8(13)11-16(14,15)6-4-2-1-3-5-6/h1-5H,9H2,(H,10,12)(H,11,13). The Balaban J connectivity index is 2.90. The van der Waals surface area contributed by atoms with Crippen LogP contribution in [0, 0.1) is 0 Å². The number of carbonyl (C=O) groups is 2. The van der Waals surface area contributed by atoms with Crippen molar-refractivity contribution in [2.24, 2.45) is 5.84 Å². The minimum absolute atomic E-state index is 0.117. The molecule has 0 saturated heterocycles. The topological polar surface area (TPSA) is 118 Å². The Bertz CT molecular complexity index is 497. The number of hydrazine groups is 1. The van der Waals surface area contributed by atoms with E-state index in [9.17, 15) is 18.0 Å². The quantitative estimate of drug-likeness (QED) is 0.252. The van der Waals surface area contributed by atoms with Crippen LogP contribution < -0.4 is 16.0 Å². The lowest BCUT2D eigenvalue weighted by molar-refractivity contribution is -0.138. The van der Waals surface area contributed by atoms with E-state index in [1.807, 2.05) is 0 Å². The van der Waals surface area contributed by atoms with Crippen molar-refractivity contribution < 1.29 is 18.0 Å². The van der Waals surface area contributed by atoms with Crippen LogP contribution in [-0.4, -0.2) is 20.2 Å². The molecule has 0 aromatic heterocycles. The molecule has 0 saturated carbocycles. The summed E-state index contributed by atoms with van der Waals surface area (Å²) in [6.45, 7) is 0. The molecule has 0 aliphatic rings. The number of nitrogens with one attached hydrogen (secondary N) is 2. The van der Waals surface area contributed by atoms with E-state index in [1.54, 1.807) is 10.8 Å². The predicted molar refractivity (Wildman–Crippen MR) is 54.1 cm³/mol. The predicted octanol–water partition coefficient (Wildman–Crippen LogP) is -1.52. The number of amides is 2. The van der Waals surface area contributed by atoms with E-state index >= 15 is 0 Å². The van der Waals surface area contributed by atoms with E-state index in [1.165, 1.54) is 29.7 Å². The lowest BCUT2D eigenvalue weighted by Crippen LogP contribution is -2.45. The first-order valence-electron chi connectivity index (χ1n) is 4.10. The van der Waals surface area contributed by atoms with Crippen molar-refractivity contribution >= 4 is 21.8 Å². The van der Waals surface area contributed by atoms with Gasteiger partial charge in [0.15, 0.2) is 0 Å². The van der Waals surface area contributed by atoms with E-state index in [2.05, 4.69) is 5.84 Å². The minimum atomic E-state index is -4.03. The molecule has 1 rings (SSSR count). The van der Waals surface area contributed by atoms with Crippen LogP contribution in [0.2, 0.25) is 0 Å². The summed E-state index contributed by atoms with van der Waals surface area (Å²) in [5.41, 5.74) is 1.52. The van der Waals surface area contributed by atoms with Gasteiger partial charge in [-0.15, -0.1) is 0 Å². The Morgan fingerprint density at radius 3 is 2.12 bits per heavy atom. The zero-order valence-electron chi connectivity index (χ0n) is 8.01. The molecule has 2 amide bonds. The second-order valence-electron chi connectivity index (χ2n) is 2.72. The van der Waals surface area contributed by atoms with E-state index in [0.717, 1.165) is 0 Å². The Morgan fingerprint density at radius 2 is 1.62 bits per heavy atom. The second kappa shape index (κ2) is 4.73. The van der Waals surface area contributed by atoms with Crippen LogP contribution in [-0.2, 0) is 19.6 Å². The molecule has 1 aromatic rings. The Kier molecular flexibility index (Phi) is 3.59. The van der Waals surface area contributed by atoms with Gasteiger partial charge in [0, 0.05) is 0 Å². The number of benzene rings is 1. The molecule has 0 atom stereocenters. The molecular weight excluding hydrogens is 234 g/mol. The lowest BCUT2D eigenvalue weighted by atomic mass is 10.4. The van der Waals surface area contributed by atoms with Crippen molar-refractivity contribution in [3.63, 3.8) is 0 Å². The fraction of sp³-hybridized carbons (Fsp3) is 0. The minimum Gasteiger partial charge on any atom is -0.286 e. The molecule has 0 aliphatic heterocycles. The van der Waals surface area contributed by atoms with E-state index in [-0.39, 0.29) is 4.90 Å². The molecule has 86 valence electrons. The summed E-state index contributed by atoms with van der Waals surface area (Å²) in [6.07, 6.45) is 0. The first kappa shape index (κ1) is 12.1. The maximum absolute atomic E-state index is 11.5. The first-order chi connectivity index (χ1) is 7.47. The van der Waals surface area contributed by atoms with Crippen molar-refractivity contribution in [2.45, 2.75) is 4.90 Å². The third kappa shape index (κ3) is 2.78. The number of rotatable bonds is 2. The smallest absolute Gasteiger partial charge is 0.286 e. The van der Waals surface area contributed by atoms with Crippen LogP contribution in [0.4, 0.5) is 0 Å². The second-order valence-corrected chi connectivity index (χ2v) is 4.40. The van der Waals surface area contributed by atoms with Gasteiger partial charge in [0.2, 0.25) is 0 Å². The molecule has 4 N–H and O–H groups in total. The summed E-state index contributed by atoms with van der Waals surface area (Å²) in [4.78, 5) is 21.6. The average molecular weight is 243 g/mol. The highest BCUT2D eigenvalue weighted by Crippen LogP contribution is 2.06. The van der Waals surface area contributed by atoms with Crippen LogP contribution in [0.3, 0.4) is 0 Å². The summed E-state index contributed by atoms with van der Waals surface area (Å²) in [5, 5.41) is 0. The van der Waals surface area contributed by atoms with E-state index in [4.69, 9.17) is 0 Å². The van der Waals surface area contributed by atoms with Gasteiger partial charge < -0.3 is 0 Å². The largest absolute Gasteiger partial charge is 0.324 e. The van der Waals surface area contributed by atoms with Crippen LogP contribution in [0.25, 0.3) is 0 Å². The van der Waals surface area contributed by atoms with Gasteiger partial charge in [0.05, 0.1) is 4.90 Å². The normalized spacial score (nSPS) is 10.6. The molecule has 0 aliphatic carbocycles. The summed E-state index contributed by atoms with van der Waals surface area (Å²) in [6, 6.07) is 7.17. The molecule has 0 radical (unpaired) electrons. The zero-order chi connectivity index (χ0) is 12.2. The van der Waals surface area contributed by atoms with Crippen LogP contribution in [0.15, 0.2) is 35.2 Å². The van der Waals surface area contributed by atoms with E-state index in [0.29, 0.717) is 0 Å². The van der Waals surface area contributed by atoms with Gasteiger partial charge in [-0.1, -0.05) is 18.2 Å². The van der Waals surface area contributed by atoms with Gasteiger partial charge in [-0.3, -0.25) is 15.0 Å². The highest BCUT2D eigenvalue weighted by molar-refractivity contribution is 7.90. The zero-order valence-corrected chi connectivity index (χ0v) is 8.82. The number of carbonyl (C=O) groups excluding carboxylic acids is 2. The highest BCUT2D eigenvalue weighted by Gasteiger charge is 2.21. The highest BCUT2D eigenvalue weighted by atomic mass is 32.2. The van der Waals surface area contributed by atoms with Gasteiger partial charge in [-0.05, 0) is 12.1 Å². The lowest BCUT2D eigenvalue weighted by Gasteiger charge is -2.05. The van der Waals surface area contributed by atoms with Gasteiger partial charge >= 0.3 is 11.8 Å². The summed E-state index contributed by atoms with van der Waals surface area (Å²) >= 11 is 0. The Labute approximate surface area is 91.7 Å². The van der Waals surface area contributed by atoms with Crippen molar-refractivity contribution in [3.05, 3.63) is 30.3 Å². The molecular formula is C8H9N3O4S. The summed E-state index contributed by atoms with van der Waals surface area (Å²) in [7, 11) is -4.03. The Hall–Kier alpha value is -1.93. The van der Waals surface area contributed by atoms with Gasteiger partial charge in [0.25, 0.3) is 10.0 Å². The van der Waals surface area contributed by atoms with Crippen LogP contribution in [0.1, 0.15) is 0 Å². The van der Waals surface area contributed by atoms with Crippen LogP contribution in [0.5, 0.6) is 0 Å². The molecule has 0 heterocycles. The van der Waals surface area contributed by atoms with Crippen molar-refractivity contribution in [1.82, 2.24) is 10.1 Å². The molecule has 16 heavy (non-hydrogen) atoms. The molecule has 7 nitrogen and oxygen atoms in total. The van der Waals surface area contributed by atoms with Crippen molar-refractivity contribution in [1.29, 1.82) is 0 Å².